The first kappa shape index (κ1) is 23.1. The number of carbonyl (C=O) groups is 1. The van der Waals surface area contributed by atoms with E-state index in [2.05, 4.69) is 5.32 Å². The number of fused-ring (bicyclic) bond motifs is 1. The third-order valence-corrected chi connectivity index (χ3v) is 6.83. The van der Waals surface area contributed by atoms with Crippen LogP contribution in [0, 0.1) is 17.1 Å². The summed E-state index contributed by atoms with van der Waals surface area (Å²) >= 11 is 6.18. The number of nitrogens with one attached hydrogen (secondary N) is 2. The van der Waals surface area contributed by atoms with Crippen molar-refractivity contribution in [2.75, 3.05) is 5.32 Å². The number of alkyl halides is 3. The van der Waals surface area contributed by atoms with Crippen LogP contribution in [0.5, 0.6) is 0 Å². The minimum absolute atomic E-state index is 0.0563. The molecule has 1 aromatic carbocycles. The summed E-state index contributed by atoms with van der Waals surface area (Å²) in [6, 6.07) is 2.50. The summed E-state index contributed by atoms with van der Waals surface area (Å²) < 4.78 is 80.3. The van der Waals surface area contributed by atoms with Crippen molar-refractivity contribution in [1.82, 2.24) is 9.29 Å². The van der Waals surface area contributed by atoms with E-state index in [4.69, 9.17) is 16.9 Å². The third-order valence-electron chi connectivity index (χ3n) is 4.71. The van der Waals surface area contributed by atoms with Crippen LogP contribution in [-0.4, -0.2) is 31.1 Å². The maximum absolute atomic E-state index is 13.5. The lowest BCUT2D eigenvalue weighted by Crippen LogP contribution is -2.43. The number of benzene rings is 1. The van der Waals surface area contributed by atoms with Gasteiger partial charge in [-0.15, -0.1) is 0 Å². The molecule has 2 heterocycles. The number of hydrogen-bond acceptors (Lipinski definition) is 4. The van der Waals surface area contributed by atoms with Gasteiger partial charge in [-0.2, -0.15) is 23.2 Å². The van der Waals surface area contributed by atoms with Crippen LogP contribution >= 0.6 is 11.6 Å². The zero-order valence-electron chi connectivity index (χ0n) is 15.8. The Morgan fingerprint density at radius 1 is 1.35 bits per heavy atom. The van der Waals surface area contributed by atoms with E-state index in [9.17, 15) is 30.8 Å². The van der Waals surface area contributed by atoms with Crippen molar-refractivity contribution in [2.24, 2.45) is 0 Å². The van der Waals surface area contributed by atoms with Crippen molar-refractivity contribution in [2.45, 2.75) is 43.4 Å². The fourth-order valence-corrected chi connectivity index (χ4v) is 5.42. The molecule has 1 aliphatic rings. The van der Waals surface area contributed by atoms with Gasteiger partial charge >= 0.3 is 6.18 Å². The van der Waals surface area contributed by atoms with Gasteiger partial charge in [0.05, 0.1) is 10.6 Å². The van der Waals surface area contributed by atoms with Gasteiger partial charge in [0, 0.05) is 17.9 Å². The van der Waals surface area contributed by atoms with Crippen molar-refractivity contribution in [3.05, 3.63) is 46.0 Å². The van der Waals surface area contributed by atoms with E-state index >= 15 is 0 Å². The molecule has 2 N–H and O–H groups in total. The van der Waals surface area contributed by atoms with Gasteiger partial charge in [0.2, 0.25) is 10.0 Å². The number of hydrogen-bond donors (Lipinski definition) is 2. The van der Waals surface area contributed by atoms with E-state index in [1.54, 1.807) is 10.8 Å². The molecule has 0 saturated heterocycles. The lowest BCUT2D eigenvalue weighted by molar-refractivity contribution is -0.147. The molecule has 0 bridgehead atoms. The van der Waals surface area contributed by atoms with E-state index in [1.807, 2.05) is 0 Å². The summed E-state index contributed by atoms with van der Waals surface area (Å²) in [5, 5.41) is 10.8. The molecular weight excluding hydrogens is 464 g/mol. The van der Waals surface area contributed by atoms with Crippen LogP contribution in [0.15, 0.2) is 23.1 Å². The average Bonchev–Trinajstić information content (AvgIpc) is 3.21. The smallest absolute Gasteiger partial charge is 0.338 e. The van der Waals surface area contributed by atoms with Crippen LogP contribution in [-0.2, 0) is 23.0 Å². The Morgan fingerprint density at radius 3 is 2.65 bits per heavy atom. The molecule has 0 saturated carbocycles. The summed E-state index contributed by atoms with van der Waals surface area (Å²) in [7, 11) is -4.70. The second-order valence-electron chi connectivity index (χ2n) is 6.84. The Hall–Kier alpha value is -2.62. The van der Waals surface area contributed by atoms with Crippen LogP contribution in [0.4, 0.5) is 23.2 Å². The Kier molecular flexibility index (Phi) is 6.05. The standard InChI is InChI=1S/C18H15ClF4N4O3S/c1-9(18(21,22)23)26-31(29,30)16-13-3-2-6-27(13)15(14(16)19)17(28)25-11-4-5-12(20)10(7-11)8-24/h4-5,7,9,26H,2-3,6H2,1H3,(H,25,28)/t9-/m1/s1. The molecule has 1 aromatic heterocycles. The maximum Gasteiger partial charge on any atom is 0.404 e. The molecule has 0 fully saturated rings. The second-order valence-corrected chi connectivity index (χ2v) is 8.87. The number of carbonyl (C=O) groups excluding carboxylic acids is 1. The van der Waals surface area contributed by atoms with Gasteiger partial charge in [-0.25, -0.2) is 12.8 Å². The summed E-state index contributed by atoms with van der Waals surface area (Å²) in [5.74, 6) is -1.64. The number of aromatic nitrogens is 1. The van der Waals surface area contributed by atoms with Crippen LogP contribution in [0.25, 0.3) is 0 Å². The predicted octanol–water partition coefficient (Wildman–Crippen LogP) is 3.58. The number of halogens is 5. The van der Waals surface area contributed by atoms with Gasteiger partial charge in [0.1, 0.15) is 28.5 Å². The Morgan fingerprint density at radius 2 is 2.03 bits per heavy atom. The quantitative estimate of drug-likeness (QED) is 0.641. The fourth-order valence-electron chi connectivity index (χ4n) is 3.24. The molecule has 7 nitrogen and oxygen atoms in total. The molecule has 1 amide bonds. The first-order valence-electron chi connectivity index (χ1n) is 8.87. The molecule has 0 unspecified atom stereocenters. The number of nitrogens with zero attached hydrogens (tertiary/aromatic N) is 2. The number of anilines is 1. The van der Waals surface area contributed by atoms with Crippen molar-refractivity contribution in [3.8, 4) is 6.07 Å². The third kappa shape index (κ3) is 4.39. The topological polar surface area (TPSA) is 104 Å². The van der Waals surface area contributed by atoms with Crippen molar-refractivity contribution < 1.29 is 30.8 Å². The number of nitriles is 1. The van der Waals surface area contributed by atoms with Gasteiger partial charge < -0.3 is 9.88 Å². The van der Waals surface area contributed by atoms with E-state index in [0.29, 0.717) is 13.3 Å². The highest BCUT2D eigenvalue weighted by Crippen LogP contribution is 2.37. The van der Waals surface area contributed by atoms with Crippen LogP contribution in [0.2, 0.25) is 5.02 Å². The monoisotopic (exact) mass is 478 g/mol. The summed E-state index contributed by atoms with van der Waals surface area (Å²) in [6.07, 6.45) is -4.16. The number of sulfonamides is 1. The van der Waals surface area contributed by atoms with Gasteiger partial charge in [0.25, 0.3) is 5.91 Å². The zero-order valence-corrected chi connectivity index (χ0v) is 17.4. The zero-order chi connectivity index (χ0) is 23.1. The maximum atomic E-state index is 13.5. The van der Waals surface area contributed by atoms with Gasteiger partial charge in [-0.05, 0) is 38.0 Å². The summed E-state index contributed by atoms with van der Waals surface area (Å²) in [5.41, 5.74) is -0.399. The molecule has 166 valence electrons. The second kappa shape index (κ2) is 8.14. The van der Waals surface area contributed by atoms with Crippen molar-refractivity contribution in [1.29, 1.82) is 5.26 Å². The van der Waals surface area contributed by atoms with Gasteiger partial charge in [-0.1, -0.05) is 11.6 Å². The van der Waals surface area contributed by atoms with Crippen molar-refractivity contribution in [3.63, 3.8) is 0 Å². The average molecular weight is 479 g/mol. The Bertz CT molecular complexity index is 1200. The molecule has 0 aliphatic carbocycles. The van der Waals surface area contributed by atoms with Crippen LogP contribution in [0.3, 0.4) is 0 Å². The summed E-state index contributed by atoms with van der Waals surface area (Å²) in [4.78, 5) is 12.2. The Labute approximate surface area is 179 Å². The molecule has 0 spiro atoms. The van der Waals surface area contributed by atoms with Crippen LogP contribution < -0.4 is 10.0 Å². The highest BCUT2D eigenvalue weighted by molar-refractivity contribution is 7.89. The van der Waals surface area contributed by atoms with Gasteiger partial charge in [-0.3, -0.25) is 4.79 Å². The molecule has 0 radical (unpaired) electrons. The highest BCUT2D eigenvalue weighted by Gasteiger charge is 2.42. The fraction of sp³-hybridized carbons (Fsp3) is 0.333. The molecule has 3 rings (SSSR count). The SMILES string of the molecule is C[C@@H](NS(=O)(=O)c1c(Cl)c(C(=O)Nc2ccc(F)c(C#N)c2)n2c1CCC2)C(F)(F)F. The molecule has 2 aromatic rings. The molecule has 1 aliphatic heterocycles. The van der Waals surface area contributed by atoms with E-state index in [-0.39, 0.29) is 35.6 Å². The molecule has 1 atom stereocenters. The van der Waals surface area contributed by atoms with E-state index in [0.717, 1.165) is 12.1 Å². The minimum atomic E-state index is -4.82. The first-order valence-corrected chi connectivity index (χ1v) is 10.7. The predicted molar refractivity (Wildman–Crippen MR) is 103 cm³/mol. The largest absolute Gasteiger partial charge is 0.404 e. The highest BCUT2D eigenvalue weighted by atomic mass is 35.5. The van der Waals surface area contributed by atoms with Crippen LogP contribution in [0.1, 0.15) is 35.1 Å². The molecule has 31 heavy (non-hydrogen) atoms. The number of amides is 1. The molecule has 13 heteroatoms. The Balaban J connectivity index is 2.00. The van der Waals surface area contributed by atoms with Crippen molar-refractivity contribution >= 4 is 33.2 Å². The first-order chi connectivity index (χ1) is 14.4. The van der Waals surface area contributed by atoms with E-state index < -0.39 is 43.9 Å². The van der Waals surface area contributed by atoms with Gasteiger partial charge in [0.15, 0.2) is 0 Å². The van der Waals surface area contributed by atoms with E-state index in [1.165, 1.54) is 10.6 Å². The molecular formula is C18H15ClF4N4O3S. The normalized spacial score (nSPS) is 14.7. The lowest BCUT2D eigenvalue weighted by Gasteiger charge is -2.17. The lowest BCUT2D eigenvalue weighted by atomic mass is 10.2. The number of rotatable bonds is 5. The minimum Gasteiger partial charge on any atom is -0.338 e. The summed E-state index contributed by atoms with van der Waals surface area (Å²) in [6.45, 7) is 0.881.